The van der Waals surface area contributed by atoms with E-state index in [0.717, 1.165) is 14.9 Å². The van der Waals surface area contributed by atoms with Crippen molar-refractivity contribution in [2.45, 2.75) is 6.54 Å². The van der Waals surface area contributed by atoms with Crippen molar-refractivity contribution in [3.8, 4) is 0 Å². The lowest BCUT2D eigenvalue weighted by atomic mass is 10.1. The number of nitrogens with one attached hydrogen (secondary N) is 1. The van der Waals surface area contributed by atoms with Gasteiger partial charge in [-0.3, -0.25) is 19.9 Å². The fraction of sp³-hybridized carbons (Fsp3) is 0.111. The minimum Gasteiger partial charge on any atom is -0.291 e. The third kappa shape index (κ3) is 3.83. The quantitative estimate of drug-likeness (QED) is 0.633. The molecule has 1 fully saturated rings. The standard InChI is InChI=1S/C18H14BrN3O3/c19-13-6-8-14(9-7-13)22-17(24)15(16(23)21-18(22)25)11-20-10-12-4-2-1-3-5-12/h1-9,11,15H,10H2,(H,21,23,25)/t15-/m0/s1. The molecule has 1 atom stereocenters. The van der Waals surface area contributed by atoms with Crippen LogP contribution >= 0.6 is 15.9 Å². The van der Waals surface area contributed by atoms with E-state index in [1.807, 2.05) is 30.3 Å². The highest BCUT2D eigenvalue weighted by molar-refractivity contribution is 9.10. The molecule has 1 N–H and O–H groups in total. The minimum absolute atomic E-state index is 0.351. The molecule has 7 heteroatoms. The van der Waals surface area contributed by atoms with Gasteiger partial charge in [0.15, 0.2) is 5.92 Å². The van der Waals surface area contributed by atoms with Crippen molar-refractivity contribution in [2.24, 2.45) is 10.9 Å². The Kier molecular flexibility index (Phi) is 5.04. The second-order valence-corrected chi connectivity index (χ2v) is 6.31. The molecule has 1 aliphatic heterocycles. The van der Waals surface area contributed by atoms with Crippen LogP contribution in [-0.4, -0.2) is 24.1 Å². The van der Waals surface area contributed by atoms with Crippen molar-refractivity contribution in [3.63, 3.8) is 0 Å². The summed E-state index contributed by atoms with van der Waals surface area (Å²) < 4.78 is 0.818. The van der Waals surface area contributed by atoms with E-state index in [4.69, 9.17) is 0 Å². The summed E-state index contributed by atoms with van der Waals surface area (Å²) in [4.78, 5) is 41.8. The molecule has 1 heterocycles. The number of nitrogens with zero attached hydrogens (tertiary/aromatic N) is 2. The van der Waals surface area contributed by atoms with Crippen LogP contribution in [0.4, 0.5) is 10.5 Å². The highest BCUT2D eigenvalue weighted by Gasteiger charge is 2.40. The number of anilines is 1. The highest BCUT2D eigenvalue weighted by atomic mass is 79.9. The zero-order valence-corrected chi connectivity index (χ0v) is 14.6. The number of rotatable bonds is 4. The lowest BCUT2D eigenvalue weighted by Crippen LogP contribution is -2.58. The summed E-state index contributed by atoms with van der Waals surface area (Å²) in [7, 11) is 0. The number of hydrogen-bond acceptors (Lipinski definition) is 4. The van der Waals surface area contributed by atoms with Crippen LogP contribution in [0.1, 0.15) is 5.56 Å². The van der Waals surface area contributed by atoms with Gasteiger partial charge in [0.05, 0.1) is 12.2 Å². The molecule has 0 saturated carbocycles. The van der Waals surface area contributed by atoms with Crippen molar-refractivity contribution in [2.75, 3.05) is 4.90 Å². The Morgan fingerprint density at radius 2 is 1.72 bits per heavy atom. The summed E-state index contributed by atoms with van der Waals surface area (Å²) in [6, 6.07) is 15.4. The van der Waals surface area contributed by atoms with Gasteiger partial charge < -0.3 is 0 Å². The lowest BCUT2D eigenvalue weighted by Gasteiger charge is -2.28. The van der Waals surface area contributed by atoms with Gasteiger partial charge in [-0.05, 0) is 29.8 Å². The number of halogens is 1. The first-order valence-corrected chi connectivity index (χ1v) is 8.34. The number of amides is 4. The van der Waals surface area contributed by atoms with Gasteiger partial charge in [-0.25, -0.2) is 9.69 Å². The van der Waals surface area contributed by atoms with E-state index >= 15 is 0 Å². The molecule has 1 saturated heterocycles. The Morgan fingerprint density at radius 3 is 2.40 bits per heavy atom. The predicted octanol–water partition coefficient (Wildman–Crippen LogP) is 2.92. The second kappa shape index (κ2) is 7.40. The smallest absolute Gasteiger partial charge is 0.291 e. The zero-order valence-electron chi connectivity index (χ0n) is 13.1. The maximum atomic E-state index is 12.6. The van der Waals surface area contributed by atoms with Gasteiger partial charge in [-0.15, -0.1) is 0 Å². The summed E-state index contributed by atoms with van der Waals surface area (Å²) in [6.07, 6.45) is 1.29. The number of imide groups is 2. The van der Waals surface area contributed by atoms with Gasteiger partial charge in [0.2, 0.25) is 5.91 Å². The number of hydrogen-bond donors (Lipinski definition) is 1. The van der Waals surface area contributed by atoms with Crippen LogP contribution < -0.4 is 10.2 Å². The first kappa shape index (κ1) is 17.0. The van der Waals surface area contributed by atoms with E-state index < -0.39 is 23.8 Å². The molecule has 126 valence electrons. The Labute approximate surface area is 152 Å². The zero-order chi connectivity index (χ0) is 17.8. The molecule has 2 aromatic carbocycles. The van der Waals surface area contributed by atoms with Crippen LogP contribution in [0.15, 0.2) is 64.1 Å². The number of barbiturate groups is 1. The van der Waals surface area contributed by atoms with E-state index in [-0.39, 0.29) is 0 Å². The first-order chi connectivity index (χ1) is 12.1. The Bertz CT molecular complexity index is 834. The van der Waals surface area contributed by atoms with Crippen molar-refractivity contribution >= 4 is 45.7 Å². The average Bonchev–Trinajstić information content (AvgIpc) is 2.60. The van der Waals surface area contributed by atoms with E-state index in [1.165, 1.54) is 6.21 Å². The van der Waals surface area contributed by atoms with E-state index in [2.05, 4.69) is 26.2 Å². The largest absolute Gasteiger partial charge is 0.335 e. The third-order valence-corrected chi connectivity index (χ3v) is 4.19. The summed E-state index contributed by atoms with van der Waals surface area (Å²) >= 11 is 3.30. The van der Waals surface area contributed by atoms with Crippen molar-refractivity contribution in [3.05, 3.63) is 64.6 Å². The van der Waals surface area contributed by atoms with E-state index in [9.17, 15) is 14.4 Å². The molecule has 4 amide bonds. The van der Waals surface area contributed by atoms with Crippen LogP contribution in [0.2, 0.25) is 0 Å². The van der Waals surface area contributed by atoms with Crippen molar-refractivity contribution in [1.82, 2.24) is 5.32 Å². The summed E-state index contributed by atoms with van der Waals surface area (Å²) in [5, 5.41) is 2.20. The second-order valence-electron chi connectivity index (χ2n) is 5.40. The lowest BCUT2D eigenvalue weighted by molar-refractivity contribution is -0.131. The van der Waals surface area contributed by atoms with Gasteiger partial charge >= 0.3 is 6.03 Å². The molecule has 0 bridgehead atoms. The van der Waals surface area contributed by atoms with Crippen LogP contribution in [0.5, 0.6) is 0 Å². The van der Waals surface area contributed by atoms with Crippen LogP contribution in [-0.2, 0) is 16.1 Å². The number of carbonyl (C=O) groups excluding carboxylic acids is 3. The molecular weight excluding hydrogens is 386 g/mol. The molecule has 0 aliphatic carbocycles. The summed E-state index contributed by atoms with van der Waals surface area (Å²) in [5.41, 5.74) is 1.35. The van der Waals surface area contributed by atoms with Gasteiger partial charge in [0.25, 0.3) is 5.91 Å². The predicted molar refractivity (Wildman–Crippen MR) is 97.3 cm³/mol. The highest BCUT2D eigenvalue weighted by Crippen LogP contribution is 2.22. The number of urea groups is 1. The summed E-state index contributed by atoms with van der Waals surface area (Å²) in [6.45, 7) is 0.351. The molecule has 2 aromatic rings. The molecule has 0 unspecified atom stereocenters. The Morgan fingerprint density at radius 1 is 1.04 bits per heavy atom. The molecule has 3 rings (SSSR count). The average molecular weight is 400 g/mol. The van der Waals surface area contributed by atoms with E-state index in [1.54, 1.807) is 24.3 Å². The summed E-state index contributed by atoms with van der Waals surface area (Å²) in [5.74, 6) is -2.42. The SMILES string of the molecule is O=C1NC(=O)N(c2ccc(Br)cc2)C(=O)[C@H]1C=NCc1ccccc1. The molecule has 1 aliphatic rings. The maximum Gasteiger partial charge on any atom is 0.335 e. The fourth-order valence-electron chi connectivity index (χ4n) is 2.40. The van der Waals surface area contributed by atoms with Gasteiger partial charge in [0, 0.05) is 10.7 Å². The first-order valence-electron chi connectivity index (χ1n) is 7.54. The monoisotopic (exact) mass is 399 g/mol. The number of carbonyl (C=O) groups is 3. The fourth-order valence-corrected chi connectivity index (χ4v) is 2.67. The van der Waals surface area contributed by atoms with Gasteiger partial charge in [-0.1, -0.05) is 46.3 Å². The minimum atomic E-state index is -1.13. The molecule has 6 nitrogen and oxygen atoms in total. The van der Waals surface area contributed by atoms with Gasteiger partial charge in [0.1, 0.15) is 0 Å². The van der Waals surface area contributed by atoms with Crippen molar-refractivity contribution in [1.29, 1.82) is 0 Å². The number of benzene rings is 2. The van der Waals surface area contributed by atoms with Gasteiger partial charge in [-0.2, -0.15) is 0 Å². The molecule has 0 radical (unpaired) electrons. The van der Waals surface area contributed by atoms with Crippen LogP contribution in [0.3, 0.4) is 0 Å². The number of aliphatic imine (C=N–C) groups is 1. The molecule has 0 spiro atoms. The van der Waals surface area contributed by atoms with E-state index in [0.29, 0.717) is 12.2 Å². The van der Waals surface area contributed by atoms with Crippen LogP contribution in [0.25, 0.3) is 0 Å². The normalized spacial score (nSPS) is 17.9. The Balaban J connectivity index is 1.79. The topological polar surface area (TPSA) is 78.8 Å². The van der Waals surface area contributed by atoms with Crippen LogP contribution in [0, 0.1) is 5.92 Å². The third-order valence-electron chi connectivity index (χ3n) is 3.66. The molecular formula is C18H14BrN3O3. The molecule has 25 heavy (non-hydrogen) atoms. The Hall–Kier alpha value is -2.80. The maximum absolute atomic E-state index is 12.6. The molecule has 0 aromatic heterocycles. The van der Waals surface area contributed by atoms with Crippen molar-refractivity contribution < 1.29 is 14.4 Å².